The Morgan fingerprint density at radius 2 is 2.00 bits per heavy atom. The Labute approximate surface area is 128 Å². The molecule has 2 aromatic rings. The van der Waals surface area contributed by atoms with Crippen LogP contribution in [0.2, 0.25) is 0 Å². The number of nitro benzene ring substituents is 1. The van der Waals surface area contributed by atoms with Gasteiger partial charge in [0.05, 0.1) is 4.92 Å². The second kappa shape index (κ2) is 5.66. The van der Waals surface area contributed by atoms with Gasteiger partial charge in [0.2, 0.25) is 0 Å². The van der Waals surface area contributed by atoms with Crippen molar-refractivity contribution in [2.24, 2.45) is 0 Å². The number of sulfonamides is 1. The topological polar surface area (TPSA) is 128 Å². The van der Waals surface area contributed by atoms with E-state index in [2.05, 4.69) is 25.6 Å². The number of anilines is 2. The molecule has 0 aliphatic rings. The van der Waals surface area contributed by atoms with Gasteiger partial charge in [0.15, 0.2) is 4.90 Å². The maximum absolute atomic E-state index is 12.2. The molecule has 0 atom stereocenters. The molecule has 8 nitrogen and oxygen atoms in total. The van der Waals surface area contributed by atoms with E-state index in [4.69, 9.17) is 5.73 Å². The fraction of sp³-hybridized carbons (Fsp3) is 0. The van der Waals surface area contributed by atoms with Gasteiger partial charge in [-0.1, -0.05) is 0 Å². The van der Waals surface area contributed by atoms with E-state index in [1.54, 1.807) is 6.07 Å². The lowest BCUT2D eigenvalue weighted by atomic mass is 10.3. The first-order valence-electron chi connectivity index (χ1n) is 5.48. The number of nitrogens with zero attached hydrogens (tertiary/aromatic N) is 2. The predicted octanol–water partition coefficient (Wildman–Crippen LogP) is 2.14. The number of hydrogen-bond donors (Lipinski definition) is 2. The predicted molar refractivity (Wildman–Crippen MR) is 80.3 cm³/mol. The molecule has 0 unspecified atom stereocenters. The van der Waals surface area contributed by atoms with E-state index in [0.29, 0.717) is 4.47 Å². The Morgan fingerprint density at radius 3 is 2.57 bits per heavy atom. The molecule has 0 fully saturated rings. The lowest BCUT2D eigenvalue weighted by Crippen LogP contribution is -2.15. The molecule has 3 N–H and O–H groups in total. The van der Waals surface area contributed by atoms with E-state index in [1.807, 2.05) is 0 Å². The summed E-state index contributed by atoms with van der Waals surface area (Å²) >= 11 is 3.16. The van der Waals surface area contributed by atoms with Gasteiger partial charge in [0, 0.05) is 22.4 Å². The van der Waals surface area contributed by atoms with Crippen LogP contribution in [0.25, 0.3) is 0 Å². The van der Waals surface area contributed by atoms with Crippen molar-refractivity contribution in [2.45, 2.75) is 4.90 Å². The molecular weight excluding hydrogens is 364 g/mol. The number of halogens is 1. The van der Waals surface area contributed by atoms with Crippen molar-refractivity contribution in [2.75, 3.05) is 10.5 Å². The number of aromatic nitrogens is 1. The minimum absolute atomic E-state index is 0.0370. The van der Waals surface area contributed by atoms with E-state index >= 15 is 0 Å². The SMILES string of the molecule is Nc1ccc([N+](=O)[O-])c(S(=O)(=O)Nc2ccc(Br)cn2)c1. The van der Waals surface area contributed by atoms with E-state index in [1.165, 1.54) is 18.3 Å². The van der Waals surface area contributed by atoms with Crippen molar-refractivity contribution >= 4 is 43.1 Å². The Morgan fingerprint density at radius 1 is 1.29 bits per heavy atom. The van der Waals surface area contributed by atoms with Crippen LogP contribution in [-0.2, 0) is 10.0 Å². The lowest BCUT2D eigenvalue weighted by molar-refractivity contribution is -0.387. The Kier molecular flexibility index (Phi) is 4.09. The molecule has 0 aliphatic heterocycles. The van der Waals surface area contributed by atoms with E-state index < -0.39 is 25.5 Å². The third kappa shape index (κ3) is 3.47. The van der Waals surface area contributed by atoms with Gasteiger partial charge in [0.1, 0.15) is 5.82 Å². The summed E-state index contributed by atoms with van der Waals surface area (Å²) in [5, 5.41) is 10.9. The largest absolute Gasteiger partial charge is 0.399 e. The van der Waals surface area contributed by atoms with Gasteiger partial charge in [-0.3, -0.25) is 14.8 Å². The average Bonchev–Trinajstić information content (AvgIpc) is 2.41. The number of nitrogen functional groups attached to an aromatic ring is 1. The molecule has 10 heteroatoms. The van der Waals surface area contributed by atoms with Crippen molar-refractivity contribution < 1.29 is 13.3 Å². The summed E-state index contributed by atoms with van der Waals surface area (Å²) in [7, 11) is -4.17. The lowest BCUT2D eigenvalue weighted by Gasteiger charge is -2.08. The highest BCUT2D eigenvalue weighted by Gasteiger charge is 2.26. The van der Waals surface area contributed by atoms with Crippen LogP contribution < -0.4 is 10.5 Å². The summed E-state index contributed by atoms with van der Waals surface area (Å²) in [5.41, 5.74) is 5.04. The van der Waals surface area contributed by atoms with E-state index in [-0.39, 0.29) is 11.5 Å². The zero-order chi connectivity index (χ0) is 15.6. The van der Waals surface area contributed by atoms with Crippen LogP contribution in [0.5, 0.6) is 0 Å². The molecule has 1 aromatic heterocycles. The second-order valence-electron chi connectivity index (χ2n) is 3.95. The molecule has 0 bridgehead atoms. The smallest absolute Gasteiger partial charge is 0.290 e. The third-order valence-electron chi connectivity index (χ3n) is 2.44. The standard InChI is InChI=1S/C11H9BrN4O4S/c12-7-1-4-11(14-6-7)15-21(19,20)10-5-8(13)2-3-9(10)16(17)18/h1-6H,13H2,(H,14,15). The average molecular weight is 373 g/mol. The van der Waals surface area contributed by atoms with Gasteiger partial charge in [-0.25, -0.2) is 13.4 Å². The molecule has 0 amide bonds. The van der Waals surface area contributed by atoms with Crippen LogP contribution in [0.3, 0.4) is 0 Å². The zero-order valence-corrected chi connectivity index (χ0v) is 12.8. The van der Waals surface area contributed by atoms with Gasteiger partial charge in [-0.2, -0.15) is 0 Å². The fourth-order valence-corrected chi connectivity index (χ4v) is 2.98. The number of benzene rings is 1. The van der Waals surface area contributed by atoms with Crippen LogP contribution in [-0.4, -0.2) is 18.3 Å². The van der Waals surface area contributed by atoms with Crippen molar-refractivity contribution in [3.63, 3.8) is 0 Å². The third-order valence-corrected chi connectivity index (χ3v) is 4.29. The quantitative estimate of drug-likeness (QED) is 0.480. The molecular formula is C11H9BrN4O4S. The van der Waals surface area contributed by atoms with Crippen LogP contribution in [0.15, 0.2) is 45.9 Å². The molecule has 0 spiro atoms. The number of nitrogens with two attached hydrogens (primary N) is 1. The highest BCUT2D eigenvalue weighted by molar-refractivity contribution is 9.10. The summed E-state index contributed by atoms with van der Waals surface area (Å²) in [5.74, 6) is 0.0370. The van der Waals surface area contributed by atoms with E-state index in [0.717, 1.165) is 12.1 Å². The van der Waals surface area contributed by atoms with Gasteiger partial charge in [-0.15, -0.1) is 0 Å². The maximum atomic E-state index is 12.2. The molecule has 0 aliphatic carbocycles. The molecule has 0 radical (unpaired) electrons. The van der Waals surface area contributed by atoms with Crippen molar-refractivity contribution in [1.82, 2.24) is 4.98 Å². The first-order valence-corrected chi connectivity index (χ1v) is 7.75. The normalized spacial score (nSPS) is 11.1. The minimum atomic E-state index is -4.17. The Balaban J connectivity index is 2.46. The fourth-order valence-electron chi connectivity index (χ4n) is 1.53. The number of rotatable bonds is 4. The van der Waals surface area contributed by atoms with Crippen LogP contribution in [0.1, 0.15) is 0 Å². The van der Waals surface area contributed by atoms with Crippen molar-refractivity contribution in [3.05, 3.63) is 51.1 Å². The molecule has 2 rings (SSSR count). The number of nitro groups is 1. The van der Waals surface area contributed by atoms with Crippen molar-refractivity contribution in [1.29, 1.82) is 0 Å². The van der Waals surface area contributed by atoms with Gasteiger partial charge in [-0.05, 0) is 40.2 Å². The number of pyridine rings is 1. The monoisotopic (exact) mass is 372 g/mol. The second-order valence-corrected chi connectivity index (χ2v) is 6.52. The Bertz CT molecular complexity index is 792. The summed E-state index contributed by atoms with van der Waals surface area (Å²) in [6, 6.07) is 6.33. The molecule has 1 aromatic carbocycles. The summed E-state index contributed by atoms with van der Waals surface area (Å²) in [4.78, 5) is 13.5. The molecule has 1 heterocycles. The van der Waals surface area contributed by atoms with Crippen LogP contribution in [0, 0.1) is 10.1 Å². The molecule has 110 valence electrons. The van der Waals surface area contributed by atoms with Gasteiger partial charge < -0.3 is 5.73 Å². The van der Waals surface area contributed by atoms with Crippen LogP contribution >= 0.6 is 15.9 Å². The summed E-state index contributed by atoms with van der Waals surface area (Å²) < 4.78 is 27.3. The van der Waals surface area contributed by atoms with Gasteiger partial charge in [0.25, 0.3) is 15.7 Å². The zero-order valence-electron chi connectivity index (χ0n) is 10.4. The Hall–Kier alpha value is -2.20. The maximum Gasteiger partial charge on any atom is 0.290 e. The molecule has 0 saturated carbocycles. The highest BCUT2D eigenvalue weighted by atomic mass is 79.9. The van der Waals surface area contributed by atoms with E-state index in [9.17, 15) is 18.5 Å². The summed E-state index contributed by atoms with van der Waals surface area (Å²) in [6.07, 6.45) is 1.39. The number of nitrogens with one attached hydrogen (secondary N) is 1. The van der Waals surface area contributed by atoms with Crippen LogP contribution in [0.4, 0.5) is 17.2 Å². The minimum Gasteiger partial charge on any atom is -0.399 e. The molecule has 0 saturated heterocycles. The first kappa shape index (κ1) is 15.2. The highest BCUT2D eigenvalue weighted by Crippen LogP contribution is 2.27. The first-order chi connectivity index (χ1) is 9.79. The van der Waals surface area contributed by atoms with Crippen molar-refractivity contribution in [3.8, 4) is 0 Å². The summed E-state index contributed by atoms with van der Waals surface area (Å²) in [6.45, 7) is 0. The van der Waals surface area contributed by atoms with Gasteiger partial charge >= 0.3 is 0 Å². The number of hydrogen-bond acceptors (Lipinski definition) is 6. The molecule has 21 heavy (non-hydrogen) atoms.